The Labute approximate surface area is 122 Å². The zero-order valence-corrected chi connectivity index (χ0v) is 13.0. The van der Waals surface area contributed by atoms with Crippen LogP contribution in [0.3, 0.4) is 0 Å². The molecule has 1 aliphatic carbocycles. The van der Waals surface area contributed by atoms with E-state index in [0.717, 1.165) is 38.8 Å². The summed E-state index contributed by atoms with van der Waals surface area (Å²) in [6, 6.07) is 0. The molecule has 1 saturated heterocycles. The monoisotopic (exact) mass is 282 g/mol. The minimum Gasteiger partial charge on any atom is -0.388 e. The van der Waals surface area contributed by atoms with Crippen molar-refractivity contribution in [3.05, 3.63) is 0 Å². The summed E-state index contributed by atoms with van der Waals surface area (Å²) in [5.41, 5.74) is -0.748. The molecule has 116 valence electrons. The van der Waals surface area contributed by atoms with Crippen LogP contribution in [0.2, 0.25) is 0 Å². The molecule has 2 fully saturated rings. The number of carbonyl (C=O) groups excluding carboxylic acids is 1. The standard InChI is InChI=1S/C16H30N2O2/c1-16(20,14-6-4-3-5-7-14)12-17-15(19)13-8-10-18(2)11-9-13/h13-14,20H,3-12H2,1-2H3,(H,17,19). The summed E-state index contributed by atoms with van der Waals surface area (Å²) in [4.78, 5) is 14.5. The van der Waals surface area contributed by atoms with Crippen LogP contribution in [0, 0.1) is 11.8 Å². The van der Waals surface area contributed by atoms with Gasteiger partial charge in [0.25, 0.3) is 0 Å². The largest absolute Gasteiger partial charge is 0.388 e. The number of likely N-dealkylation sites (tertiary alicyclic amines) is 1. The fourth-order valence-electron chi connectivity index (χ4n) is 3.55. The molecule has 1 amide bonds. The molecule has 2 N–H and O–H groups in total. The Bertz CT molecular complexity index is 316. The third-order valence-electron chi connectivity index (χ3n) is 5.19. The number of amides is 1. The Morgan fingerprint density at radius 2 is 1.80 bits per heavy atom. The first-order valence-electron chi connectivity index (χ1n) is 8.17. The third-order valence-corrected chi connectivity index (χ3v) is 5.19. The van der Waals surface area contributed by atoms with Crippen molar-refractivity contribution < 1.29 is 9.90 Å². The molecule has 1 atom stereocenters. The van der Waals surface area contributed by atoms with E-state index in [1.807, 2.05) is 6.92 Å². The predicted molar refractivity (Wildman–Crippen MR) is 80.4 cm³/mol. The Hall–Kier alpha value is -0.610. The number of hydrogen-bond donors (Lipinski definition) is 2. The SMILES string of the molecule is CN1CCC(C(=O)NCC(C)(O)C2CCCCC2)CC1. The topological polar surface area (TPSA) is 52.6 Å². The fraction of sp³-hybridized carbons (Fsp3) is 0.938. The molecule has 1 unspecified atom stereocenters. The molecule has 1 saturated carbocycles. The van der Waals surface area contributed by atoms with Crippen LogP contribution in [0.25, 0.3) is 0 Å². The summed E-state index contributed by atoms with van der Waals surface area (Å²) in [7, 11) is 2.10. The van der Waals surface area contributed by atoms with Crippen molar-refractivity contribution in [3.63, 3.8) is 0 Å². The first-order chi connectivity index (χ1) is 9.49. The highest BCUT2D eigenvalue weighted by molar-refractivity contribution is 5.78. The minimum atomic E-state index is -0.748. The van der Waals surface area contributed by atoms with Gasteiger partial charge in [-0.05, 0) is 58.7 Å². The van der Waals surface area contributed by atoms with Crippen LogP contribution in [0.5, 0.6) is 0 Å². The number of piperidine rings is 1. The van der Waals surface area contributed by atoms with E-state index >= 15 is 0 Å². The Kier molecular flexibility index (Phi) is 5.44. The van der Waals surface area contributed by atoms with Gasteiger partial charge in [-0.25, -0.2) is 0 Å². The third kappa shape index (κ3) is 4.19. The molecule has 0 aromatic carbocycles. The summed E-state index contributed by atoms with van der Waals surface area (Å²) in [5, 5.41) is 13.6. The van der Waals surface area contributed by atoms with E-state index in [4.69, 9.17) is 0 Å². The van der Waals surface area contributed by atoms with Crippen molar-refractivity contribution in [1.82, 2.24) is 10.2 Å². The summed E-state index contributed by atoms with van der Waals surface area (Å²) >= 11 is 0. The molecule has 4 heteroatoms. The Morgan fingerprint density at radius 3 is 2.40 bits per heavy atom. The van der Waals surface area contributed by atoms with Gasteiger partial charge in [-0.15, -0.1) is 0 Å². The molecule has 0 aromatic heterocycles. The molecule has 2 rings (SSSR count). The van der Waals surface area contributed by atoms with Crippen LogP contribution in [-0.2, 0) is 4.79 Å². The van der Waals surface area contributed by atoms with Gasteiger partial charge in [0.15, 0.2) is 0 Å². The molecule has 1 heterocycles. The van der Waals surface area contributed by atoms with Crippen molar-refractivity contribution in [2.75, 3.05) is 26.7 Å². The highest BCUT2D eigenvalue weighted by atomic mass is 16.3. The van der Waals surface area contributed by atoms with Crippen molar-refractivity contribution in [3.8, 4) is 0 Å². The number of carbonyl (C=O) groups is 1. The molecule has 0 spiro atoms. The average Bonchev–Trinajstić information content (AvgIpc) is 2.46. The number of hydrogen-bond acceptors (Lipinski definition) is 3. The summed E-state index contributed by atoms with van der Waals surface area (Å²) in [5.74, 6) is 0.608. The second-order valence-electron chi connectivity index (χ2n) is 6.99. The predicted octanol–water partition coefficient (Wildman–Crippen LogP) is 1.78. The van der Waals surface area contributed by atoms with Gasteiger partial charge in [-0.3, -0.25) is 4.79 Å². The normalized spacial score (nSPS) is 26.1. The van der Waals surface area contributed by atoms with Gasteiger partial charge >= 0.3 is 0 Å². The highest BCUT2D eigenvalue weighted by Crippen LogP contribution is 2.32. The van der Waals surface area contributed by atoms with Crippen molar-refractivity contribution >= 4 is 5.91 Å². The van der Waals surface area contributed by atoms with E-state index < -0.39 is 5.60 Å². The van der Waals surface area contributed by atoms with Gasteiger partial charge in [-0.1, -0.05) is 19.3 Å². The van der Waals surface area contributed by atoms with Gasteiger partial charge in [0.2, 0.25) is 5.91 Å². The van der Waals surface area contributed by atoms with Crippen LogP contribution < -0.4 is 5.32 Å². The van der Waals surface area contributed by atoms with Gasteiger partial charge in [0, 0.05) is 12.5 Å². The first-order valence-corrected chi connectivity index (χ1v) is 8.17. The lowest BCUT2D eigenvalue weighted by atomic mass is 9.78. The van der Waals surface area contributed by atoms with Crippen LogP contribution >= 0.6 is 0 Å². The molecule has 4 nitrogen and oxygen atoms in total. The Morgan fingerprint density at radius 1 is 1.20 bits per heavy atom. The van der Waals surface area contributed by atoms with E-state index in [2.05, 4.69) is 17.3 Å². The summed E-state index contributed by atoms with van der Waals surface area (Å²) < 4.78 is 0. The Balaban J connectivity index is 1.76. The van der Waals surface area contributed by atoms with Crippen LogP contribution in [0.15, 0.2) is 0 Å². The quantitative estimate of drug-likeness (QED) is 0.826. The first kappa shape index (κ1) is 15.8. The molecule has 2 aliphatic rings. The lowest BCUT2D eigenvalue weighted by Crippen LogP contribution is -2.49. The van der Waals surface area contributed by atoms with Crippen molar-refractivity contribution in [2.24, 2.45) is 11.8 Å². The second-order valence-corrected chi connectivity index (χ2v) is 6.99. The van der Waals surface area contributed by atoms with Crippen LogP contribution in [0.4, 0.5) is 0 Å². The smallest absolute Gasteiger partial charge is 0.223 e. The molecular formula is C16H30N2O2. The minimum absolute atomic E-state index is 0.133. The van der Waals surface area contributed by atoms with Crippen LogP contribution in [0.1, 0.15) is 51.9 Å². The maximum absolute atomic E-state index is 12.2. The molecule has 0 radical (unpaired) electrons. The number of rotatable bonds is 4. The second kappa shape index (κ2) is 6.90. The maximum Gasteiger partial charge on any atom is 0.223 e. The van der Waals surface area contributed by atoms with E-state index in [0.29, 0.717) is 12.5 Å². The molecular weight excluding hydrogens is 252 g/mol. The van der Waals surface area contributed by atoms with Crippen LogP contribution in [-0.4, -0.2) is 48.2 Å². The van der Waals surface area contributed by atoms with Crippen molar-refractivity contribution in [1.29, 1.82) is 0 Å². The highest BCUT2D eigenvalue weighted by Gasteiger charge is 2.34. The molecule has 0 bridgehead atoms. The lowest BCUT2D eigenvalue weighted by Gasteiger charge is -2.36. The average molecular weight is 282 g/mol. The molecule has 0 aromatic rings. The van der Waals surface area contributed by atoms with Gasteiger partial charge in [0.1, 0.15) is 0 Å². The summed E-state index contributed by atoms with van der Waals surface area (Å²) in [6.07, 6.45) is 7.78. The fourth-order valence-corrected chi connectivity index (χ4v) is 3.55. The zero-order chi connectivity index (χ0) is 14.6. The zero-order valence-electron chi connectivity index (χ0n) is 13.0. The van der Waals surface area contributed by atoms with Gasteiger partial charge in [0.05, 0.1) is 5.60 Å². The number of aliphatic hydroxyl groups is 1. The number of nitrogens with one attached hydrogen (secondary N) is 1. The van der Waals surface area contributed by atoms with Gasteiger partial charge < -0.3 is 15.3 Å². The van der Waals surface area contributed by atoms with Gasteiger partial charge in [-0.2, -0.15) is 0 Å². The lowest BCUT2D eigenvalue weighted by molar-refractivity contribution is -0.128. The molecule has 1 aliphatic heterocycles. The summed E-state index contributed by atoms with van der Waals surface area (Å²) in [6.45, 7) is 4.29. The van der Waals surface area contributed by atoms with E-state index in [1.54, 1.807) is 0 Å². The van der Waals surface area contributed by atoms with E-state index in [1.165, 1.54) is 19.3 Å². The van der Waals surface area contributed by atoms with E-state index in [9.17, 15) is 9.90 Å². The molecule has 20 heavy (non-hydrogen) atoms. The van der Waals surface area contributed by atoms with Crippen molar-refractivity contribution in [2.45, 2.75) is 57.5 Å². The maximum atomic E-state index is 12.2. The number of nitrogens with zero attached hydrogens (tertiary/aromatic N) is 1. The van der Waals surface area contributed by atoms with E-state index in [-0.39, 0.29) is 11.8 Å².